The fraction of sp³-hybridized carbons (Fsp3) is 1.00. The van der Waals surface area contributed by atoms with Crippen molar-refractivity contribution < 1.29 is 5.11 Å². The molecule has 0 aliphatic heterocycles. The third-order valence-electron chi connectivity index (χ3n) is 4.32. The van der Waals surface area contributed by atoms with E-state index in [9.17, 15) is 5.11 Å². The molecule has 1 saturated carbocycles. The van der Waals surface area contributed by atoms with Crippen molar-refractivity contribution in [3.05, 3.63) is 0 Å². The van der Waals surface area contributed by atoms with Gasteiger partial charge in [0.2, 0.25) is 0 Å². The molecule has 102 valence electrons. The molecule has 3 heteroatoms. The molecule has 3 N–H and O–H groups in total. The molecule has 0 heterocycles. The highest BCUT2D eigenvalue weighted by Gasteiger charge is 2.37. The maximum Gasteiger partial charge on any atom is 0.0603 e. The molecule has 1 aliphatic carbocycles. The molecule has 0 aromatic carbocycles. The minimum Gasteiger partial charge on any atom is -0.390 e. The third kappa shape index (κ3) is 4.23. The van der Waals surface area contributed by atoms with Crippen LogP contribution < -0.4 is 5.73 Å². The average Bonchev–Trinajstić information content (AvgIpc) is 2.24. The molecule has 17 heavy (non-hydrogen) atoms. The van der Waals surface area contributed by atoms with Crippen molar-refractivity contribution in [1.29, 1.82) is 0 Å². The van der Waals surface area contributed by atoms with Crippen LogP contribution in [0.4, 0.5) is 0 Å². The highest BCUT2D eigenvalue weighted by atomic mass is 16.3. The summed E-state index contributed by atoms with van der Waals surface area (Å²) in [5.74, 6) is 0.775. The quantitative estimate of drug-likeness (QED) is 0.775. The zero-order valence-corrected chi connectivity index (χ0v) is 12.0. The van der Waals surface area contributed by atoms with E-state index in [0.717, 1.165) is 25.4 Å². The lowest BCUT2D eigenvalue weighted by Gasteiger charge is -2.46. The molecule has 0 amide bonds. The van der Waals surface area contributed by atoms with E-state index in [4.69, 9.17) is 5.73 Å². The summed E-state index contributed by atoms with van der Waals surface area (Å²) in [4.78, 5) is 2.39. The van der Waals surface area contributed by atoms with Gasteiger partial charge in [0.15, 0.2) is 0 Å². The summed E-state index contributed by atoms with van der Waals surface area (Å²) < 4.78 is 0. The topological polar surface area (TPSA) is 49.5 Å². The van der Waals surface area contributed by atoms with E-state index in [0.29, 0.717) is 0 Å². The van der Waals surface area contributed by atoms with Gasteiger partial charge in [-0.15, -0.1) is 0 Å². The monoisotopic (exact) mass is 242 g/mol. The minimum atomic E-state index is -0.579. The van der Waals surface area contributed by atoms with Crippen LogP contribution in [0.25, 0.3) is 0 Å². The predicted octanol–water partition coefficient (Wildman–Crippen LogP) is 1.99. The molecule has 0 aromatic heterocycles. The summed E-state index contributed by atoms with van der Waals surface area (Å²) in [5.41, 5.74) is 5.63. The van der Waals surface area contributed by atoms with Gasteiger partial charge in [-0.05, 0) is 46.1 Å². The van der Waals surface area contributed by atoms with Crippen LogP contribution in [-0.4, -0.2) is 41.3 Å². The van der Waals surface area contributed by atoms with Crippen molar-refractivity contribution in [2.75, 3.05) is 20.1 Å². The van der Waals surface area contributed by atoms with Crippen LogP contribution in [0.5, 0.6) is 0 Å². The lowest BCUT2D eigenvalue weighted by atomic mass is 9.75. The summed E-state index contributed by atoms with van der Waals surface area (Å²) in [6, 6.07) is 0. The first-order chi connectivity index (χ1) is 7.79. The zero-order chi connectivity index (χ0) is 13.1. The summed E-state index contributed by atoms with van der Waals surface area (Å²) in [7, 11) is 2.16. The average molecular weight is 242 g/mol. The number of hydrogen-bond acceptors (Lipinski definition) is 3. The molecule has 2 unspecified atom stereocenters. The second kappa shape index (κ2) is 5.68. The van der Waals surface area contributed by atoms with Crippen molar-refractivity contribution in [3.8, 4) is 0 Å². The van der Waals surface area contributed by atoms with E-state index in [1.807, 2.05) is 13.8 Å². The first kappa shape index (κ1) is 14.9. The van der Waals surface area contributed by atoms with Crippen LogP contribution in [-0.2, 0) is 0 Å². The van der Waals surface area contributed by atoms with Gasteiger partial charge < -0.3 is 10.8 Å². The van der Waals surface area contributed by atoms with Gasteiger partial charge in [-0.1, -0.05) is 19.8 Å². The van der Waals surface area contributed by atoms with Gasteiger partial charge in [-0.3, -0.25) is 4.90 Å². The van der Waals surface area contributed by atoms with Crippen molar-refractivity contribution in [3.63, 3.8) is 0 Å². The Morgan fingerprint density at radius 3 is 2.59 bits per heavy atom. The van der Waals surface area contributed by atoms with Gasteiger partial charge in [-0.25, -0.2) is 0 Å². The molecule has 0 aromatic rings. The zero-order valence-electron chi connectivity index (χ0n) is 12.0. The van der Waals surface area contributed by atoms with Crippen LogP contribution in [0.2, 0.25) is 0 Å². The Labute approximate surface area is 106 Å². The van der Waals surface area contributed by atoms with Gasteiger partial charge in [0.05, 0.1) is 5.60 Å². The third-order valence-corrected chi connectivity index (χ3v) is 4.32. The largest absolute Gasteiger partial charge is 0.390 e. The van der Waals surface area contributed by atoms with E-state index in [1.165, 1.54) is 25.7 Å². The number of likely N-dealkylation sites (N-methyl/N-ethyl adjacent to an activating group) is 1. The smallest absolute Gasteiger partial charge is 0.0603 e. The lowest BCUT2D eigenvalue weighted by Crippen LogP contribution is -2.55. The van der Waals surface area contributed by atoms with Gasteiger partial charge in [0.25, 0.3) is 0 Å². The highest BCUT2D eigenvalue weighted by Crippen LogP contribution is 2.35. The van der Waals surface area contributed by atoms with Gasteiger partial charge in [-0.2, -0.15) is 0 Å². The van der Waals surface area contributed by atoms with E-state index in [2.05, 4.69) is 18.9 Å². The standard InChI is InChI=1S/C14H30N2O/c1-12-6-5-7-14(10-12,11-15)16(4)9-8-13(2,3)17/h12,17H,5-11,15H2,1-4H3. The Bertz CT molecular complexity index is 237. The fourth-order valence-corrected chi connectivity index (χ4v) is 3.00. The van der Waals surface area contributed by atoms with Crippen LogP contribution in [0.3, 0.4) is 0 Å². The molecular weight excluding hydrogens is 212 g/mol. The first-order valence-corrected chi connectivity index (χ1v) is 6.93. The number of nitrogens with zero attached hydrogens (tertiary/aromatic N) is 1. The molecule has 0 saturated heterocycles. The predicted molar refractivity (Wildman–Crippen MR) is 73.0 cm³/mol. The molecule has 0 radical (unpaired) electrons. The number of nitrogens with two attached hydrogens (primary N) is 1. The number of rotatable bonds is 5. The van der Waals surface area contributed by atoms with Gasteiger partial charge >= 0.3 is 0 Å². The van der Waals surface area contributed by atoms with Crippen molar-refractivity contribution in [2.45, 2.75) is 64.0 Å². The van der Waals surface area contributed by atoms with Crippen LogP contribution in [0.15, 0.2) is 0 Å². The number of aliphatic hydroxyl groups is 1. The molecule has 1 aliphatic rings. The molecule has 3 nitrogen and oxygen atoms in total. The molecule has 1 fully saturated rings. The van der Waals surface area contributed by atoms with Gasteiger partial charge in [0, 0.05) is 18.6 Å². The van der Waals surface area contributed by atoms with Crippen LogP contribution >= 0.6 is 0 Å². The number of hydrogen-bond donors (Lipinski definition) is 2. The van der Waals surface area contributed by atoms with Crippen molar-refractivity contribution in [2.24, 2.45) is 11.7 Å². The Kier molecular flexibility index (Phi) is 4.99. The Balaban J connectivity index is 2.59. The normalized spacial score (nSPS) is 30.9. The Morgan fingerprint density at radius 2 is 2.12 bits per heavy atom. The summed E-state index contributed by atoms with van der Waals surface area (Å²) >= 11 is 0. The fourth-order valence-electron chi connectivity index (χ4n) is 3.00. The first-order valence-electron chi connectivity index (χ1n) is 6.93. The summed E-state index contributed by atoms with van der Waals surface area (Å²) in [6.07, 6.45) is 5.83. The van der Waals surface area contributed by atoms with E-state index in [1.54, 1.807) is 0 Å². The summed E-state index contributed by atoms with van der Waals surface area (Å²) in [6.45, 7) is 7.74. The van der Waals surface area contributed by atoms with Gasteiger partial charge in [0.1, 0.15) is 0 Å². The maximum atomic E-state index is 9.82. The van der Waals surface area contributed by atoms with E-state index >= 15 is 0 Å². The highest BCUT2D eigenvalue weighted by molar-refractivity contribution is 4.95. The molecule has 1 rings (SSSR count). The molecular formula is C14H30N2O. The maximum absolute atomic E-state index is 9.82. The van der Waals surface area contributed by atoms with Crippen LogP contribution in [0.1, 0.15) is 52.9 Å². The Hall–Kier alpha value is -0.120. The molecule has 0 bridgehead atoms. The van der Waals surface area contributed by atoms with Crippen LogP contribution in [0, 0.1) is 5.92 Å². The molecule has 0 spiro atoms. The molecule has 2 atom stereocenters. The SMILES string of the molecule is CC1CCCC(CN)(N(C)CCC(C)(C)O)C1. The second-order valence-electron chi connectivity index (χ2n) is 6.61. The Morgan fingerprint density at radius 1 is 1.47 bits per heavy atom. The van der Waals surface area contributed by atoms with E-state index < -0.39 is 5.60 Å². The van der Waals surface area contributed by atoms with E-state index in [-0.39, 0.29) is 5.54 Å². The minimum absolute atomic E-state index is 0.170. The van der Waals surface area contributed by atoms with Crippen molar-refractivity contribution in [1.82, 2.24) is 4.90 Å². The lowest BCUT2D eigenvalue weighted by molar-refractivity contribution is 0.0205. The van der Waals surface area contributed by atoms with Crippen molar-refractivity contribution >= 4 is 0 Å². The second-order valence-corrected chi connectivity index (χ2v) is 6.61. The summed E-state index contributed by atoms with van der Waals surface area (Å²) in [5, 5.41) is 9.82.